The molecule has 1 aromatic carbocycles. The van der Waals surface area contributed by atoms with E-state index >= 15 is 0 Å². The quantitative estimate of drug-likeness (QED) is 0.727. The van der Waals surface area contributed by atoms with E-state index in [1.54, 1.807) is 12.3 Å². The molecular weight excluding hydrogens is 377 g/mol. The van der Waals surface area contributed by atoms with Crippen LogP contribution in [0, 0.1) is 12.7 Å². The summed E-state index contributed by atoms with van der Waals surface area (Å²) in [6, 6.07) is 4.36. The first-order chi connectivity index (χ1) is 11.3. The molecule has 5 nitrogen and oxygen atoms in total. The van der Waals surface area contributed by atoms with Crippen molar-refractivity contribution < 1.29 is 4.39 Å². The third-order valence-corrected chi connectivity index (χ3v) is 4.48. The maximum Gasteiger partial charge on any atom is 0.333 e. The zero-order chi connectivity index (χ0) is 17.6. The molecule has 0 bridgehead atoms. The first-order valence-electron chi connectivity index (χ1n) is 7.41. The molecule has 0 atom stereocenters. The first-order valence-corrected chi connectivity index (χ1v) is 8.20. The van der Waals surface area contributed by atoms with Crippen molar-refractivity contribution in [2.24, 2.45) is 0 Å². The number of hydrogen-bond donors (Lipinski definition) is 1. The Morgan fingerprint density at radius 2 is 2.00 bits per heavy atom. The van der Waals surface area contributed by atoms with E-state index in [2.05, 4.69) is 25.9 Å². The lowest BCUT2D eigenvalue weighted by molar-refractivity contribution is 0.622. The lowest BCUT2D eigenvalue weighted by atomic mass is 10.0. The zero-order valence-electron chi connectivity index (χ0n) is 13.4. The molecule has 0 aliphatic heterocycles. The SMILES string of the molecule is Cc1ccnc(C(C)C)c1-n1c(=O)[nH]c(=O)c2cc(F)c(Br)cc21. The number of benzene rings is 1. The highest BCUT2D eigenvalue weighted by molar-refractivity contribution is 9.10. The summed E-state index contributed by atoms with van der Waals surface area (Å²) in [4.78, 5) is 31.3. The van der Waals surface area contributed by atoms with Crippen LogP contribution in [0.1, 0.15) is 31.0 Å². The molecule has 0 aliphatic rings. The summed E-state index contributed by atoms with van der Waals surface area (Å²) < 4.78 is 15.4. The van der Waals surface area contributed by atoms with Crippen LogP contribution < -0.4 is 11.2 Å². The molecule has 24 heavy (non-hydrogen) atoms. The van der Waals surface area contributed by atoms with E-state index in [-0.39, 0.29) is 15.8 Å². The Balaban J connectivity index is 2.56. The highest BCUT2D eigenvalue weighted by atomic mass is 79.9. The van der Waals surface area contributed by atoms with Crippen LogP contribution in [-0.2, 0) is 0 Å². The van der Waals surface area contributed by atoms with Gasteiger partial charge in [-0.15, -0.1) is 0 Å². The number of pyridine rings is 1. The Labute approximate surface area is 145 Å². The van der Waals surface area contributed by atoms with Crippen LogP contribution in [0.15, 0.2) is 38.5 Å². The number of rotatable bonds is 2. The number of nitrogens with one attached hydrogen (secondary N) is 1. The molecule has 0 saturated heterocycles. The number of halogens is 2. The van der Waals surface area contributed by atoms with Gasteiger partial charge in [-0.2, -0.15) is 0 Å². The number of H-pyrrole nitrogens is 1. The Hall–Kier alpha value is -2.28. The fourth-order valence-electron chi connectivity index (χ4n) is 2.74. The van der Waals surface area contributed by atoms with Crippen molar-refractivity contribution in [2.75, 3.05) is 0 Å². The van der Waals surface area contributed by atoms with Crippen LogP contribution in [-0.4, -0.2) is 14.5 Å². The summed E-state index contributed by atoms with van der Waals surface area (Å²) in [6.07, 6.45) is 1.68. The second-order valence-corrected chi connectivity index (χ2v) is 6.75. The number of aryl methyl sites for hydroxylation is 1. The van der Waals surface area contributed by atoms with Crippen LogP contribution in [0.3, 0.4) is 0 Å². The smallest absolute Gasteiger partial charge is 0.273 e. The van der Waals surface area contributed by atoms with E-state index in [9.17, 15) is 14.0 Å². The Morgan fingerprint density at radius 1 is 1.29 bits per heavy atom. The summed E-state index contributed by atoms with van der Waals surface area (Å²) >= 11 is 3.12. The standard InChI is InChI=1S/C17H15BrFN3O2/c1-8(2)14-15(9(3)4-5-20-14)22-13-7-11(18)12(19)6-10(13)16(23)21-17(22)24/h4-8H,1-3H3,(H,21,23,24). The molecule has 1 N–H and O–H groups in total. The summed E-state index contributed by atoms with van der Waals surface area (Å²) in [7, 11) is 0. The van der Waals surface area contributed by atoms with Gasteiger partial charge in [0.15, 0.2) is 0 Å². The molecule has 2 heterocycles. The van der Waals surface area contributed by atoms with E-state index in [4.69, 9.17) is 0 Å². The van der Waals surface area contributed by atoms with Gasteiger partial charge in [0.1, 0.15) is 5.82 Å². The average Bonchev–Trinajstić information content (AvgIpc) is 2.50. The molecule has 0 radical (unpaired) electrons. The Morgan fingerprint density at radius 3 is 2.67 bits per heavy atom. The minimum Gasteiger partial charge on any atom is -0.273 e. The molecule has 0 unspecified atom stereocenters. The molecule has 3 rings (SSSR count). The molecular formula is C17H15BrFN3O2. The first kappa shape index (κ1) is 16.6. The Kier molecular flexibility index (Phi) is 4.13. The number of aromatic amines is 1. The van der Waals surface area contributed by atoms with Gasteiger partial charge in [0.05, 0.1) is 26.8 Å². The maximum absolute atomic E-state index is 13.9. The molecule has 0 fully saturated rings. The number of aromatic nitrogens is 3. The van der Waals surface area contributed by atoms with Gasteiger partial charge < -0.3 is 0 Å². The summed E-state index contributed by atoms with van der Waals surface area (Å²) in [5.41, 5.74) is 1.30. The van der Waals surface area contributed by atoms with Gasteiger partial charge >= 0.3 is 5.69 Å². The molecule has 0 aliphatic carbocycles. The van der Waals surface area contributed by atoms with Gasteiger partial charge in [0.2, 0.25) is 0 Å². The second kappa shape index (κ2) is 5.98. The largest absolute Gasteiger partial charge is 0.333 e. The summed E-state index contributed by atoms with van der Waals surface area (Å²) in [5, 5.41) is 0.105. The molecule has 0 amide bonds. The van der Waals surface area contributed by atoms with E-state index in [1.165, 1.54) is 10.6 Å². The number of nitrogens with zero attached hydrogens (tertiary/aromatic N) is 2. The highest BCUT2D eigenvalue weighted by Gasteiger charge is 2.18. The third-order valence-electron chi connectivity index (χ3n) is 3.87. The van der Waals surface area contributed by atoms with Crippen LogP contribution in [0.5, 0.6) is 0 Å². The van der Waals surface area contributed by atoms with Crippen molar-refractivity contribution >= 4 is 26.8 Å². The fourth-order valence-corrected chi connectivity index (χ4v) is 3.07. The monoisotopic (exact) mass is 391 g/mol. The fraction of sp³-hybridized carbons (Fsp3) is 0.235. The van der Waals surface area contributed by atoms with Gasteiger partial charge in [0.25, 0.3) is 5.56 Å². The maximum atomic E-state index is 13.9. The minimum atomic E-state index is -0.620. The molecule has 7 heteroatoms. The van der Waals surface area contributed by atoms with Crippen molar-refractivity contribution in [1.82, 2.24) is 14.5 Å². The van der Waals surface area contributed by atoms with Crippen molar-refractivity contribution in [3.8, 4) is 5.69 Å². The van der Waals surface area contributed by atoms with E-state index < -0.39 is 17.1 Å². The van der Waals surface area contributed by atoms with Crippen molar-refractivity contribution in [3.05, 3.63) is 66.8 Å². The lowest BCUT2D eigenvalue weighted by Crippen LogP contribution is -2.30. The molecule has 124 valence electrons. The number of hydrogen-bond acceptors (Lipinski definition) is 3. The highest BCUT2D eigenvalue weighted by Crippen LogP contribution is 2.27. The minimum absolute atomic E-state index is 0.0673. The average molecular weight is 392 g/mol. The van der Waals surface area contributed by atoms with Gasteiger partial charge in [-0.05, 0) is 52.5 Å². The second-order valence-electron chi connectivity index (χ2n) is 5.89. The zero-order valence-corrected chi connectivity index (χ0v) is 14.9. The summed E-state index contributed by atoms with van der Waals surface area (Å²) in [6.45, 7) is 5.81. The van der Waals surface area contributed by atoms with Crippen LogP contribution >= 0.6 is 15.9 Å². The van der Waals surface area contributed by atoms with Crippen molar-refractivity contribution in [1.29, 1.82) is 0 Å². The lowest BCUT2D eigenvalue weighted by Gasteiger charge is -2.18. The summed E-state index contributed by atoms with van der Waals surface area (Å²) in [5.74, 6) is -0.497. The molecule has 3 aromatic rings. The van der Waals surface area contributed by atoms with Gasteiger partial charge in [0, 0.05) is 6.20 Å². The molecule has 0 spiro atoms. The van der Waals surface area contributed by atoms with Crippen molar-refractivity contribution in [2.45, 2.75) is 26.7 Å². The van der Waals surface area contributed by atoms with Gasteiger partial charge in [-0.25, -0.2) is 9.18 Å². The predicted molar refractivity (Wildman–Crippen MR) is 94.4 cm³/mol. The number of fused-ring (bicyclic) bond motifs is 1. The van der Waals surface area contributed by atoms with Crippen LogP contribution in [0.4, 0.5) is 4.39 Å². The predicted octanol–water partition coefficient (Wildman–Crippen LogP) is 3.41. The molecule has 2 aromatic heterocycles. The van der Waals surface area contributed by atoms with E-state index in [0.717, 1.165) is 17.3 Å². The van der Waals surface area contributed by atoms with E-state index in [0.29, 0.717) is 11.2 Å². The normalized spacial score (nSPS) is 11.4. The van der Waals surface area contributed by atoms with Crippen molar-refractivity contribution in [3.63, 3.8) is 0 Å². The Bertz CT molecular complexity index is 1070. The van der Waals surface area contributed by atoms with Crippen LogP contribution in [0.2, 0.25) is 0 Å². The van der Waals surface area contributed by atoms with E-state index in [1.807, 2.05) is 20.8 Å². The van der Waals surface area contributed by atoms with Crippen LogP contribution in [0.25, 0.3) is 16.6 Å². The molecule has 0 saturated carbocycles. The van der Waals surface area contributed by atoms with Gasteiger partial charge in [-0.1, -0.05) is 13.8 Å². The third kappa shape index (κ3) is 2.58. The topological polar surface area (TPSA) is 67.8 Å². The van der Waals surface area contributed by atoms with Gasteiger partial charge in [-0.3, -0.25) is 19.3 Å².